The van der Waals surface area contributed by atoms with Gasteiger partial charge in [0.1, 0.15) is 18.4 Å². The molecule has 2 aromatic rings. The molecular weight excluding hydrogens is 416 g/mol. The van der Waals surface area contributed by atoms with Gasteiger partial charge in [0.25, 0.3) is 0 Å². The van der Waals surface area contributed by atoms with Crippen LogP contribution in [0.2, 0.25) is 0 Å². The molecule has 2 aliphatic heterocycles. The fourth-order valence-corrected chi connectivity index (χ4v) is 5.19. The van der Waals surface area contributed by atoms with Crippen LogP contribution < -0.4 is 10.1 Å². The highest BCUT2D eigenvalue weighted by atomic mass is 32.2. The SMILES string of the molecule is O=C(Nc1ccc(OCC2CCCO2)cc1)C(c1ccccc1)N1CCS(=O)(=O)CC1. The van der Waals surface area contributed by atoms with Crippen LogP contribution in [0.3, 0.4) is 0 Å². The van der Waals surface area contributed by atoms with Crippen LogP contribution in [0.4, 0.5) is 5.69 Å². The molecule has 1 N–H and O–H groups in total. The number of nitrogens with one attached hydrogen (secondary N) is 1. The molecule has 2 saturated heterocycles. The highest BCUT2D eigenvalue weighted by molar-refractivity contribution is 7.91. The predicted octanol–water partition coefficient (Wildman–Crippen LogP) is 2.65. The first-order valence-electron chi connectivity index (χ1n) is 10.6. The minimum absolute atomic E-state index is 0.0698. The molecule has 0 radical (unpaired) electrons. The molecule has 0 aromatic heterocycles. The number of carbonyl (C=O) groups is 1. The molecule has 1 amide bonds. The lowest BCUT2D eigenvalue weighted by atomic mass is 10.0. The Hall–Kier alpha value is -2.42. The van der Waals surface area contributed by atoms with Crippen LogP contribution in [-0.2, 0) is 19.4 Å². The lowest BCUT2D eigenvalue weighted by molar-refractivity contribution is -0.121. The molecule has 2 aromatic carbocycles. The van der Waals surface area contributed by atoms with Gasteiger partial charge in [-0.3, -0.25) is 9.69 Å². The lowest BCUT2D eigenvalue weighted by Crippen LogP contribution is -2.46. The minimum Gasteiger partial charge on any atom is -0.491 e. The fourth-order valence-electron chi connectivity index (χ4n) is 3.96. The van der Waals surface area contributed by atoms with E-state index in [-0.39, 0.29) is 23.5 Å². The Kier molecular flexibility index (Phi) is 6.89. The number of sulfone groups is 1. The van der Waals surface area contributed by atoms with Crippen LogP contribution in [0.5, 0.6) is 5.75 Å². The Morgan fingerprint density at radius 3 is 2.45 bits per heavy atom. The van der Waals surface area contributed by atoms with Crippen molar-refractivity contribution in [3.63, 3.8) is 0 Å². The smallest absolute Gasteiger partial charge is 0.246 e. The number of hydrogen-bond donors (Lipinski definition) is 1. The molecule has 2 aliphatic rings. The van der Waals surface area contributed by atoms with Gasteiger partial charge in [-0.05, 0) is 42.7 Å². The van der Waals surface area contributed by atoms with Crippen molar-refractivity contribution < 1.29 is 22.7 Å². The first-order valence-corrected chi connectivity index (χ1v) is 12.5. The predicted molar refractivity (Wildman–Crippen MR) is 119 cm³/mol. The van der Waals surface area contributed by atoms with Gasteiger partial charge in [-0.2, -0.15) is 0 Å². The first-order chi connectivity index (χ1) is 15.0. The molecule has 2 unspecified atom stereocenters. The van der Waals surface area contributed by atoms with E-state index in [2.05, 4.69) is 5.32 Å². The second-order valence-corrected chi connectivity index (χ2v) is 10.3. The first kappa shape index (κ1) is 21.8. The van der Waals surface area contributed by atoms with Gasteiger partial charge in [-0.15, -0.1) is 0 Å². The highest BCUT2D eigenvalue weighted by Crippen LogP contribution is 2.25. The van der Waals surface area contributed by atoms with Gasteiger partial charge in [-0.1, -0.05) is 30.3 Å². The summed E-state index contributed by atoms with van der Waals surface area (Å²) < 4.78 is 35.0. The maximum absolute atomic E-state index is 13.2. The van der Waals surface area contributed by atoms with Crippen molar-refractivity contribution in [3.8, 4) is 5.75 Å². The van der Waals surface area contributed by atoms with Crippen molar-refractivity contribution in [3.05, 3.63) is 60.2 Å². The molecule has 2 atom stereocenters. The molecule has 0 spiro atoms. The molecule has 166 valence electrons. The Balaban J connectivity index is 1.42. The van der Waals surface area contributed by atoms with Gasteiger partial charge in [-0.25, -0.2) is 8.42 Å². The average Bonchev–Trinajstić information content (AvgIpc) is 3.29. The van der Waals surface area contributed by atoms with Crippen LogP contribution in [0.1, 0.15) is 24.4 Å². The molecule has 2 heterocycles. The molecule has 31 heavy (non-hydrogen) atoms. The number of anilines is 1. The summed E-state index contributed by atoms with van der Waals surface area (Å²) in [5, 5.41) is 2.97. The van der Waals surface area contributed by atoms with Crippen molar-refractivity contribution in [2.45, 2.75) is 25.0 Å². The van der Waals surface area contributed by atoms with E-state index in [1.807, 2.05) is 59.5 Å². The number of hydrogen-bond acceptors (Lipinski definition) is 6. The number of amides is 1. The zero-order valence-electron chi connectivity index (χ0n) is 17.4. The number of nitrogens with zero attached hydrogens (tertiary/aromatic N) is 1. The van der Waals surface area contributed by atoms with Gasteiger partial charge in [0.05, 0.1) is 17.6 Å². The monoisotopic (exact) mass is 444 g/mol. The summed E-state index contributed by atoms with van der Waals surface area (Å²) in [6.07, 6.45) is 2.25. The Morgan fingerprint density at radius 1 is 1.10 bits per heavy atom. The lowest BCUT2D eigenvalue weighted by Gasteiger charge is -2.33. The van der Waals surface area contributed by atoms with Crippen molar-refractivity contribution in [2.75, 3.05) is 43.1 Å². The fraction of sp³-hybridized carbons (Fsp3) is 0.435. The molecule has 0 aliphatic carbocycles. The van der Waals surface area contributed by atoms with E-state index in [1.165, 1.54) is 0 Å². The molecular formula is C23H28N2O5S. The number of carbonyl (C=O) groups excluding carboxylic acids is 1. The maximum atomic E-state index is 13.2. The summed E-state index contributed by atoms with van der Waals surface area (Å²) in [4.78, 5) is 15.1. The third kappa shape index (κ3) is 5.84. The topological polar surface area (TPSA) is 84.9 Å². The van der Waals surface area contributed by atoms with Crippen LogP contribution in [0.25, 0.3) is 0 Å². The van der Waals surface area contributed by atoms with Crippen molar-refractivity contribution in [1.29, 1.82) is 0 Å². The minimum atomic E-state index is -3.03. The van der Waals surface area contributed by atoms with Crippen molar-refractivity contribution in [1.82, 2.24) is 4.90 Å². The standard InChI is InChI=1S/C23H28N2O5S/c26-23(24-19-8-10-20(11-9-19)30-17-21-7-4-14-29-21)22(18-5-2-1-3-6-18)25-12-15-31(27,28)16-13-25/h1-3,5-6,8-11,21-22H,4,7,12-17H2,(H,24,26). The summed E-state index contributed by atoms with van der Waals surface area (Å²) in [6, 6.07) is 16.2. The quantitative estimate of drug-likeness (QED) is 0.707. The van der Waals surface area contributed by atoms with E-state index in [0.717, 1.165) is 30.8 Å². The van der Waals surface area contributed by atoms with E-state index in [0.29, 0.717) is 25.4 Å². The molecule has 7 nitrogen and oxygen atoms in total. The molecule has 8 heteroatoms. The molecule has 0 saturated carbocycles. The summed E-state index contributed by atoms with van der Waals surface area (Å²) in [5.74, 6) is 0.689. The average molecular weight is 445 g/mol. The number of ether oxygens (including phenoxy) is 2. The van der Waals surface area contributed by atoms with E-state index in [1.54, 1.807) is 0 Å². The van der Waals surface area contributed by atoms with Crippen molar-refractivity contribution in [2.24, 2.45) is 0 Å². The summed E-state index contributed by atoms with van der Waals surface area (Å²) in [6.45, 7) is 2.00. The van der Waals surface area contributed by atoms with E-state index < -0.39 is 15.9 Å². The van der Waals surface area contributed by atoms with E-state index in [4.69, 9.17) is 9.47 Å². The second kappa shape index (κ2) is 9.80. The van der Waals surface area contributed by atoms with Gasteiger partial charge in [0.2, 0.25) is 5.91 Å². The zero-order chi connectivity index (χ0) is 21.7. The van der Waals surface area contributed by atoms with Crippen LogP contribution >= 0.6 is 0 Å². The highest BCUT2D eigenvalue weighted by Gasteiger charge is 2.32. The van der Waals surface area contributed by atoms with Crippen LogP contribution in [0, 0.1) is 0 Å². The normalized spacial score (nSPS) is 22.0. The summed E-state index contributed by atoms with van der Waals surface area (Å²) in [5.41, 5.74) is 1.51. The third-order valence-corrected chi connectivity index (χ3v) is 7.30. The van der Waals surface area contributed by atoms with E-state index in [9.17, 15) is 13.2 Å². The van der Waals surface area contributed by atoms with Gasteiger partial charge < -0.3 is 14.8 Å². The molecule has 4 rings (SSSR count). The van der Waals surface area contributed by atoms with Gasteiger partial charge >= 0.3 is 0 Å². The van der Waals surface area contributed by atoms with Gasteiger partial charge in [0, 0.05) is 25.4 Å². The third-order valence-electron chi connectivity index (χ3n) is 5.69. The van der Waals surface area contributed by atoms with E-state index >= 15 is 0 Å². The molecule has 0 bridgehead atoms. The maximum Gasteiger partial charge on any atom is 0.246 e. The van der Waals surface area contributed by atoms with Gasteiger partial charge in [0.15, 0.2) is 9.84 Å². The van der Waals surface area contributed by atoms with Crippen LogP contribution in [-0.4, -0.2) is 63.1 Å². The van der Waals surface area contributed by atoms with Crippen molar-refractivity contribution >= 4 is 21.4 Å². The zero-order valence-corrected chi connectivity index (χ0v) is 18.2. The largest absolute Gasteiger partial charge is 0.491 e. The second-order valence-electron chi connectivity index (χ2n) is 7.96. The summed E-state index contributed by atoms with van der Waals surface area (Å²) in [7, 11) is -3.03. The van der Waals surface area contributed by atoms with Crippen LogP contribution in [0.15, 0.2) is 54.6 Å². The number of benzene rings is 2. The summed E-state index contributed by atoms with van der Waals surface area (Å²) >= 11 is 0. The Labute approximate surface area is 183 Å². The Morgan fingerprint density at radius 2 is 1.81 bits per heavy atom. The Bertz CT molecular complexity index is 959. The molecule has 2 fully saturated rings. The number of rotatable bonds is 7.